The number of rotatable bonds is 7. The minimum Gasteiger partial charge on any atom is -0.201 e. The molecule has 2 heteroatoms. The Morgan fingerprint density at radius 2 is 1.41 bits per heavy atom. The molecule has 0 radical (unpaired) electrons. The number of benzene rings is 3. The number of aryl methyl sites for hydroxylation is 2. The van der Waals surface area contributed by atoms with Crippen LogP contribution in [0, 0.1) is 0 Å². The minimum absolute atomic E-state index is 0.0236. The molecule has 3 aromatic carbocycles. The molecule has 0 aliphatic carbocycles. The average molecular weight is 541 g/mol. The van der Waals surface area contributed by atoms with E-state index in [1.807, 2.05) is 0 Å². The van der Waals surface area contributed by atoms with E-state index in [9.17, 15) is 0 Å². The zero-order valence-corrected chi connectivity index (χ0v) is 25.5. The van der Waals surface area contributed by atoms with E-state index in [1.165, 1.54) is 62.8 Å². The Bertz CT molecular complexity index is 1710. The second kappa shape index (κ2) is 10.9. The van der Waals surface area contributed by atoms with Gasteiger partial charge in [-0.15, -0.1) is 0 Å². The number of hydrogen-bond donors (Lipinski definition) is 0. The van der Waals surface area contributed by atoms with Crippen LogP contribution < -0.4 is 9.13 Å². The first-order valence-electron chi connectivity index (χ1n) is 15.6. The quantitative estimate of drug-likeness (QED) is 0.182. The van der Waals surface area contributed by atoms with Gasteiger partial charge in [-0.25, -0.2) is 4.57 Å². The molecule has 6 rings (SSSR count). The van der Waals surface area contributed by atoms with Gasteiger partial charge in [0.2, 0.25) is 11.4 Å². The fourth-order valence-corrected chi connectivity index (χ4v) is 7.61. The molecule has 2 nitrogen and oxygen atoms in total. The maximum Gasteiger partial charge on any atom is 0.221 e. The highest BCUT2D eigenvalue weighted by molar-refractivity contribution is 5.94. The van der Waals surface area contributed by atoms with Gasteiger partial charge in [0.1, 0.15) is 7.05 Å². The van der Waals surface area contributed by atoms with Crippen LogP contribution in [0.4, 0.5) is 0 Å². The molecule has 208 valence electrons. The van der Waals surface area contributed by atoms with Gasteiger partial charge >= 0.3 is 0 Å². The van der Waals surface area contributed by atoms with Crippen LogP contribution in [0.25, 0.3) is 33.3 Å². The minimum atomic E-state index is -0.193. The molecule has 3 heterocycles. The van der Waals surface area contributed by atoms with Crippen molar-refractivity contribution < 1.29 is 9.13 Å². The molecule has 1 unspecified atom stereocenters. The van der Waals surface area contributed by atoms with E-state index >= 15 is 0 Å². The number of hydrogen-bond acceptors (Lipinski definition) is 0. The van der Waals surface area contributed by atoms with Crippen molar-refractivity contribution in [3.05, 3.63) is 120 Å². The molecule has 1 atom stereocenters. The zero-order chi connectivity index (χ0) is 28.6. The summed E-state index contributed by atoms with van der Waals surface area (Å²) in [6, 6.07) is 34.5. The zero-order valence-electron chi connectivity index (χ0n) is 25.5. The van der Waals surface area contributed by atoms with E-state index in [4.69, 9.17) is 0 Å². The number of nitrogens with zero attached hydrogens (tertiary/aromatic N) is 2. The lowest BCUT2D eigenvalue weighted by Crippen LogP contribution is -2.58. The molecule has 0 fully saturated rings. The van der Waals surface area contributed by atoms with Crippen molar-refractivity contribution in [2.45, 2.75) is 77.2 Å². The largest absolute Gasteiger partial charge is 0.221 e. The molecule has 0 N–H and O–H groups in total. The summed E-state index contributed by atoms with van der Waals surface area (Å²) in [6.07, 6.45) is 11.4. The van der Waals surface area contributed by atoms with Gasteiger partial charge in [0, 0.05) is 42.9 Å². The van der Waals surface area contributed by atoms with E-state index in [2.05, 4.69) is 147 Å². The summed E-state index contributed by atoms with van der Waals surface area (Å²) < 4.78 is 4.92. The molecule has 5 aromatic rings. The van der Waals surface area contributed by atoms with Crippen LogP contribution in [-0.2, 0) is 24.4 Å². The molecule has 41 heavy (non-hydrogen) atoms. The average Bonchev–Trinajstić information content (AvgIpc) is 3.11. The van der Waals surface area contributed by atoms with Gasteiger partial charge < -0.3 is 0 Å². The summed E-state index contributed by atoms with van der Waals surface area (Å²) in [5, 5.41) is 2.71. The van der Waals surface area contributed by atoms with E-state index in [-0.39, 0.29) is 11.0 Å². The Labute approximate surface area is 246 Å². The van der Waals surface area contributed by atoms with Gasteiger partial charge in [-0.3, -0.25) is 0 Å². The lowest BCUT2D eigenvalue weighted by atomic mass is 9.65. The number of aromatic nitrogens is 2. The second-order valence-electron chi connectivity index (χ2n) is 12.3. The smallest absolute Gasteiger partial charge is 0.201 e. The fourth-order valence-electron chi connectivity index (χ4n) is 7.61. The maximum atomic E-state index is 2.66. The lowest BCUT2D eigenvalue weighted by molar-refractivity contribution is -0.757. The first kappa shape index (κ1) is 27.4. The summed E-state index contributed by atoms with van der Waals surface area (Å²) >= 11 is 0. The molecule has 1 aliphatic rings. The molecule has 2 aromatic heterocycles. The van der Waals surface area contributed by atoms with E-state index in [1.54, 1.807) is 0 Å². The Morgan fingerprint density at radius 3 is 2.12 bits per heavy atom. The molecular formula is C39H44N2+2. The lowest BCUT2D eigenvalue weighted by Gasteiger charge is -2.37. The summed E-state index contributed by atoms with van der Waals surface area (Å²) in [5.41, 5.74) is 9.35. The predicted molar refractivity (Wildman–Crippen MR) is 171 cm³/mol. The van der Waals surface area contributed by atoms with Crippen LogP contribution >= 0.6 is 0 Å². The summed E-state index contributed by atoms with van der Waals surface area (Å²) in [5.74, 6) is 0. The third kappa shape index (κ3) is 4.49. The monoisotopic (exact) mass is 540 g/mol. The second-order valence-corrected chi connectivity index (χ2v) is 12.3. The Kier molecular flexibility index (Phi) is 7.28. The van der Waals surface area contributed by atoms with E-state index in [0.29, 0.717) is 0 Å². The standard InChI is InChI=1S/C39H44N2/c1-6-9-16-29-22-23-31-30(27-29)24-26-41-37(31)33-18-11-13-20-35(33)38(4,28-39(41,7-2)8-3)34-19-12-10-17-32(34)36-21-14-15-25-40(36)5/h10-15,17-27H,6-9,16,28H2,1-5H3/q+2. The molecule has 0 bridgehead atoms. The van der Waals surface area contributed by atoms with Gasteiger partial charge in [0.05, 0.1) is 16.5 Å². The molecule has 0 spiro atoms. The van der Waals surface area contributed by atoms with Crippen molar-refractivity contribution in [1.82, 2.24) is 0 Å². The summed E-state index contributed by atoms with van der Waals surface area (Å²) in [7, 11) is 2.16. The van der Waals surface area contributed by atoms with Crippen molar-refractivity contribution in [2.24, 2.45) is 7.05 Å². The predicted octanol–water partition coefficient (Wildman–Crippen LogP) is 8.85. The van der Waals surface area contributed by atoms with Crippen molar-refractivity contribution in [3.8, 4) is 22.5 Å². The third-order valence-electron chi connectivity index (χ3n) is 9.97. The van der Waals surface area contributed by atoms with Crippen molar-refractivity contribution >= 4 is 10.8 Å². The van der Waals surface area contributed by atoms with Crippen LogP contribution in [0.2, 0.25) is 0 Å². The highest BCUT2D eigenvalue weighted by atomic mass is 15.1. The number of unbranched alkanes of at least 4 members (excludes halogenated alkanes) is 1. The topological polar surface area (TPSA) is 7.76 Å². The first-order chi connectivity index (χ1) is 20.0. The summed E-state index contributed by atoms with van der Waals surface area (Å²) in [6.45, 7) is 9.55. The van der Waals surface area contributed by atoms with E-state index < -0.39 is 0 Å². The normalized spacial score (nSPS) is 17.6. The van der Waals surface area contributed by atoms with Crippen LogP contribution in [0.1, 0.15) is 76.5 Å². The van der Waals surface area contributed by atoms with Crippen molar-refractivity contribution in [1.29, 1.82) is 0 Å². The Hall–Kier alpha value is -3.78. The highest BCUT2D eigenvalue weighted by Gasteiger charge is 2.51. The Morgan fingerprint density at radius 1 is 0.732 bits per heavy atom. The number of fused-ring (bicyclic) bond motifs is 5. The first-order valence-corrected chi connectivity index (χ1v) is 15.6. The fraction of sp³-hybridized carbons (Fsp3) is 0.333. The van der Waals surface area contributed by atoms with Gasteiger partial charge in [-0.05, 0) is 59.2 Å². The maximum absolute atomic E-state index is 2.66. The number of pyridine rings is 2. The van der Waals surface area contributed by atoms with Gasteiger partial charge in [-0.1, -0.05) is 82.6 Å². The van der Waals surface area contributed by atoms with Gasteiger partial charge in [0.25, 0.3) is 0 Å². The van der Waals surface area contributed by atoms with Gasteiger partial charge in [-0.2, -0.15) is 4.57 Å². The van der Waals surface area contributed by atoms with E-state index in [0.717, 1.165) is 25.7 Å². The molecule has 0 amide bonds. The SMILES string of the molecule is CCCCc1ccc2c3[n+](ccc2c1)C(CC)(CC)CC(C)(c1ccccc1-c1cccc[n+]1C)c1ccccc1-3. The molecular weight excluding hydrogens is 496 g/mol. The van der Waals surface area contributed by atoms with Gasteiger partial charge in [0.15, 0.2) is 17.9 Å². The Balaban J connectivity index is 1.67. The van der Waals surface area contributed by atoms with Crippen LogP contribution in [0.3, 0.4) is 0 Å². The van der Waals surface area contributed by atoms with Crippen LogP contribution in [0.5, 0.6) is 0 Å². The molecule has 0 saturated carbocycles. The van der Waals surface area contributed by atoms with Crippen molar-refractivity contribution in [2.75, 3.05) is 0 Å². The van der Waals surface area contributed by atoms with Crippen LogP contribution in [-0.4, -0.2) is 0 Å². The highest BCUT2D eigenvalue weighted by Crippen LogP contribution is 2.51. The third-order valence-corrected chi connectivity index (χ3v) is 9.97. The van der Waals surface area contributed by atoms with Crippen LogP contribution in [0.15, 0.2) is 103 Å². The van der Waals surface area contributed by atoms with Crippen molar-refractivity contribution in [3.63, 3.8) is 0 Å². The summed E-state index contributed by atoms with van der Waals surface area (Å²) in [4.78, 5) is 0. The molecule has 1 aliphatic heterocycles. The molecule has 0 saturated heterocycles.